The maximum Gasteiger partial charge on any atom is 0.217 e. The minimum Gasteiger partial charge on any atom is -0.394 e. The molecule has 0 spiro atoms. The Balaban J connectivity index is 1.85. The van der Waals surface area contributed by atoms with Crippen LogP contribution in [0.3, 0.4) is 0 Å². The molecule has 3 heterocycles. The quantitative estimate of drug-likeness (QED) is 0.120. The number of hydrogen-bond acceptors (Lipinski definition) is 16. The first-order valence-electron chi connectivity index (χ1n) is 12.6. The molecule has 2 amide bonds. The summed E-state index contributed by atoms with van der Waals surface area (Å²) in [6.45, 7) is -0.117. The number of hydrogen-bond donors (Lipinski definition) is 11. The van der Waals surface area contributed by atoms with Crippen LogP contribution >= 0.6 is 0 Å². The molecular weight excluding hydrogens is 548 g/mol. The molecule has 18 nitrogen and oxygen atoms in total. The fourth-order valence-corrected chi connectivity index (χ4v) is 4.87. The molecule has 0 aromatic carbocycles. The van der Waals surface area contributed by atoms with Gasteiger partial charge in [-0.3, -0.25) is 9.59 Å². The van der Waals surface area contributed by atoms with Gasteiger partial charge in [0.05, 0.1) is 19.8 Å². The Kier molecular flexibility index (Phi) is 11.5. The number of amides is 2. The SMILES string of the molecule is CC(=O)N[C@@H]1[C@@H](O)[C@H](O[C@@H]2O[C@H](CO)[C@@H](OC3O[C@H](CO)[C@@H](O)[C@H](O)[C@@H]3O)[C@H](O)[C@H]2NC(C)=O)[C@@H](CO)O[C@H]1O. The third-order valence-corrected chi connectivity index (χ3v) is 6.90. The van der Waals surface area contributed by atoms with Crippen LogP contribution in [0, 0.1) is 0 Å². The van der Waals surface area contributed by atoms with Gasteiger partial charge in [0.2, 0.25) is 11.8 Å². The van der Waals surface area contributed by atoms with Crippen LogP contribution in [-0.2, 0) is 33.3 Å². The summed E-state index contributed by atoms with van der Waals surface area (Å²) in [6, 6.07) is -2.87. The van der Waals surface area contributed by atoms with Crippen molar-refractivity contribution < 1.29 is 79.2 Å². The first-order valence-corrected chi connectivity index (χ1v) is 12.6. The molecular formula is C22H38N2O16. The zero-order valence-electron chi connectivity index (χ0n) is 21.7. The van der Waals surface area contributed by atoms with Crippen molar-refractivity contribution in [2.24, 2.45) is 0 Å². The van der Waals surface area contributed by atoms with E-state index in [-0.39, 0.29) is 0 Å². The Labute approximate surface area is 228 Å². The minimum atomic E-state index is -1.85. The fraction of sp³-hybridized carbons (Fsp3) is 0.909. The Bertz CT molecular complexity index is 852. The molecule has 0 saturated carbocycles. The molecule has 3 aliphatic heterocycles. The summed E-state index contributed by atoms with van der Waals surface area (Å²) in [5.74, 6) is -1.30. The van der Waals surface area contributed by atoms with Gasteiger partial charge in [-0.05, 0) is 0 Å². The number of ether oxygens (including phenoxy) is 5. The number of carbonyl (C=O) groups is 2. The van der Waals surface area contributed by atoms with E-state index in [1.54, 1.807) is 0 Å². The lowest BCUT2D eigenvalue weighted by molar-refractivity contribution is -0.360. The summed E-state index contributed by atoms with van der Waals surface area (Å²) in [5.41, 5.74) is 0. The van der Waals surface area contributed by atoms with Crippen molar-refractivity contribution in [3.05, 3.63) is 0 Å². The van der Waals surface area contributed by atoms with Crippen molar-refractivity contribution in [1.82, 2.24) is 10.6 Å². The molecule has 0 aromatic heterocycles. The third-order valence-electron chi connectivity index (χ3n) is 6.90. The summed E-state index contributed by atoms with van der Waals surface area (Å²) < 4.78 is 27.7. The number of aliphatic hydroxyl groups excluding tert-OH is 9. The van der Waals surface area contributed by atoms with Gasteiger partial charge in [-0.1, -0.05) is 0 Å². The number of nitrogens with one attached hydrogen (secondary N) is 2. The molecule has 0 aliphatic carbocycles. The van der Waals surface area contributed by atoms with Crippen LogP contribution < -0.4 is 10.6 Å². The second kappa shape index (κ2) is 14.0. The van der Waals surface area contributed by atoms with Gasteiger partial charge in [0.1, 0.15) is 73.1 Å². The summed E-state index contributed by atoms with van der Waals surface area (Å²) in [4.78, 5) is 23.5. The maximum atomic E-state index is 12.0. The van der Waals surface area contributed by atoms with Gasteiger partial charge in [-0.2, -0.15) is 0 Å². The molecule has 1 unspecified atom stereocenters. The highest BCUT2D eigenvalue weighted by molar-refractivity contribution is 5.73. The zero-order chi connectivity index (χ0) is 29.9. The standard InChI is InChI=1S/C22H38N2O16/c1-6(28)23-11-14(31)18(9(4-26)36-20(11)35)39-21-12(24-7(2)29)15(32)19(10(5-27)38-21)40-22-17(34)16(33)13(30)8(3-25)37-22/h8-22,25-27,30-35H,3-5H2,1-2H3,(H,23,28)(H,24,29)/t8-,9-,10-,11-,12-,13-,14-,15-,16+,17+,18-,19-,20-,21+,22?/m1/s1. The third kappa shape index (κ3) is 7.05. The van der Waals surface area contributed by atoms with Crippen molar-refractivity contribution in [3.63, 3.8) is 0 Å². The summed E-state index contributed by atoms with van der Waals surface area (Å²) in [5, 5.41) is 96.5. The van der Waals surface area contributed by atoms with Gasteiger partial charge in [-0.15, -0.1) is 0 Å². The molecule has 3 aliphatic rings. The molecule has 232 valence electrons. The van der Waals surface area contributed by atoms with Gasteiger partial charge >= 0.3 is 0 Å². The second-order valence-electron chi connectivity index (χ2n) is 9.81. The molecule has 11 N–H and O–H groups in total. The van der Waals surface area contributed by atoms with Crippen LogP contribution in [0.25, 0.3) is 0 Å². The molecule has 15 atom stereocenters. The second-order valence-corrected chi connectivity index (χ2v) is 9.81. The highest BCUT2D eigenvalue weighted by Gasteiger charge is 2.54. The predicted molar refractivity (Wildman–Crippen MR) is 124 cm³/mol. The molecule has 3 fully saturated rings. The highest BCUT2D eigenvalue weighted by Crippen LogP contribution is 2.32. The van der Waals surface area contributed by atoms with E-state index in [0.717, 1.165) is 13.8 Å². The molecule has 0 radical (unpaired) electrons. The van der Waals surface area contributed by atoms with E-state index in [2.05, 4.69) is 10.6 Å². The van der Waals surface area contributed by atoms with Crippen LogP contribution in [0.15, 0.2) is 0 Å². The number of carbonyl (C=O) groups excluding carboxylic acids is 2. The largest absolute Gasteiger partial charge is 0.394 e. The number of aliphatic hydroxyl groups is 9. The van der Waals surface area contributed by atoms with Gasteiger partial charge < -0.3 is 80.3 Å². The van der Waals surface area contributed by atoms with E-state index in [1.807, 2.05) is 0 Å². The predicted octanol–water partition coefficient (Wildman–Crippen LogP) is -7.29. The first-order chi connectivity index (χ1) is 18.8. The Morgan fingerprint density at radius 1 is 0.600 bits per heavy atom. The molecule has 0 bridgehead atoms. The van der Waals surface area contributed by atoms with Crippen molar-refractivity contribution in [2.75, 3.05) is 19.8 Å². The van der Waals surface area contributed by atoms with E-state index in [4.69, 9.17) is 23.7 Å². The topological polar surface area (TPSA) is 286 Å². The zero-order valence-corrected chi connectivity index (χ0v) is 21.7. The van der Waals surface area contributed by atoms with Crippen molar-refractivity contribution in [3.8, 4) is 0 Å². The highest BCUT2D eigenvalue weighted by atomic mass is 16.7. The average Bonchev–Trinajstić information content (AvgIpc) is 2.90. The van der Waals surface area contributed by atoms with Crippen molar-refractivity contribution in [1.29, 1.82) is 0 Å². The first kappa shape index (κ1) is 32.9. The molecule has 18 heteroatoms. The Morgan fingerprint density at radius 3 is 1.57 bits per heavy atom. The maximum absolute atomic E-state index is 12.0. The van der Waals surface area contributed by atoms with Crippen LogP contribution in [0.4, 0.5) is 0 Å². The molecule has 0 aromatic rings. The summed E-state index contributed by atoms with van der Waals surface area (Å²) in [7, 11) is 0. The van der Waals surface area contributed by atoms with E-state index >= 15 is 0 Å². The Hall–Kier alpha value is -1.62. The van der Waals surface area contributed by atoms with Crippen molar-refractivity contribution >= 4 is 11.8 Å². The van der Waals surface area contributed by atoms with E-state index in [1.165, 1.54) is 0 Å². The average molecular weight is 587 g/mol. The molecule has 3 rings (SSSR count). The lowest BCUT2D eigenvalue weighted by atomic mass is 9.94. The monoisotopic (exact) mass is 586 g/mol. The summed E-state index contributed by atoms with van der Waals surface area (Å²) >= 11 is 0. The van der Waals surface area contributed by atoms with Crippen LogP contribution in [0.5, 0.6) is 0 Å². The van der Waals surface area contributed by atoms with Crippen molar-refractivity contribution in [2.45, 2.75) is 106 Å². The lowest BCUT2D eigenvalue weighted by Gasteiger charge is -2.49. The Morgan fingerprint density at radius 2 is 1.05 bits per heavy atom. The van der Waals surface area contributed by atoms with Gasteiger partial charge in [-0.25, -0.2) is 0 Å². The van der Waals surface area contributed by atoms with E-state index < -0.39 is 124 Å². The van der Waals surface area contributed by atoms with Gasteiger partial charge in [0, 0.05) is 13.8 Å². The van der Waals surface area contributed by atoms with Crippen LogP contribution in [0.1, 0.15) is 13.8 Å². The van der Waals surface area contributed by atoms with Crippen LogP contribution in [-0.4, -0.2) is 170 Å². The molecule has 40 heavy (non-hydrogen) atoms. The number of rotatable bonds is 9. The van der Waals surface area contributed by atoms with Gasteiger partial charge in [0.15, 0.2) is 18.9 Å². The van der Waals surface area contributed by atoms with E-state index in [9.17, 15) is 55.5 Å². The summed E-state index contributed by atoms with van der Waals surface area (Å²) in [6.07, 6.45) is -21.1. The smallest absolute Gasteiger partial charge is 0.217 e. The normalized spacial score (nSPS) is 46.0. The lowest BCUT2D eigenvalue weighted by Crippen LogP contribution is -2.70. The van der Waals surface area contributed by atoms with Crippen LogP contribution in [0.2, 0.25) is 0 Å². The van der Waals surface area contributed by atoms with E-state index in [0.29, 0.717) is 0 Å². The van der Waals surface area contributed by atoms with Gasteiger partial charge in [0.25, 0.3) is 0 Å². The molecule has 3 saturated heterocycles. The minimum absolute atomic E-state index is 0.623. The fourth-order valence-electron chi connectivity index (χ4n) is 4.87.